The summed E-state index contributed by atoms with van der Waals surface area (Å²) in [6.07, 6.45) is 1.45. The fourth-order valence-electron chi connectivity index (χ4n) is 3.79. The molecule has 116 valence electrons. The van der Waals surface area contributed by atoms with E-state index in [0.717, 1.165) is 17.7 Å². The van der Waals surface area contributed by atoms with Gasteiger partial charge in [0, 0.05) is 19.0 Å². The van der Waals surface area contributed by atoms with E-state index in [4.69, 9.17) is 0 Å². The molecular formula is C19H18N2O2. The lowest BCUT2D eigenvalue weighted by molar-refractivity contribution is -0.125. The fraction of sp³-hybridized carbons (Fsp3) is 0.263. The molecule has 0 spiro atoms. The normalized spacial score (nSPS) is 22.0. The van der Waals surface area contributed by atoms with E-state index in [2.05, 4.69) is 23.5 Å². The number of anilines is 1. The number of nitrogens with one attached hydrogen (secondary N) is 1. The monoisotopic (exact) mass is 306 g/mol. The lowest BCUT2D eigenvalue weighted by Gasteiger charge is -2.25. The molecule has 1 N–H and O–H groups in total. The summed E-state index contributed by atoms with van der Waals surface area (Å²) in [4.78, 5) is 26.2. The second kappa shape index (κ2) is 5.23. The molecule has 4 heteroatoms. The molecule has 2 atom stereocenters. The van der Waals surface area contributed by atoms with Gasteiger partial charge in [-0.3, -0.25) is 9.59 Å². The molecule has 2 aromatic rings. The first-order chi connectivity index (χ1) is 11.1. The summed E-state index contributed by atoms with van der Waals surface area (Å²) in [6.45, 7) is 1.46. The van der Waals surface area contributed by atoms with Crippen LogP contribution in [0, 0.1) is 0 Å². The van der Waals surface area contributed by atoms with E-state index in [1.54, 1.807) is 0 Å². The van der Waals surface area contributed by atoms with Crippen LogP contribution in [0.15, 0.2) is 48.5 Å². The number of carbonyl (C=O) groups is 2. The Bertz CT molecular complexity index is 799. The summed E-state index contributed by atoms with van der Waals surface area (Å²) < 4.78 is 0. The van der Waals surface area contributed by atoms with Crippen molar-refractivity contribution in [2.75, 3.05) is 4.90 Å². The van der Waals surface area contributed by atoms with Crippen LogP contribution in [-0.4, -0.2) is 17.9 Å². The topological polar surface area (TPSA) is 49.4 Å². The Labute approximate surface area is 135 Å². The van der Waals surface area contributed by atoms with Gasteiger partial charge in [0.25, 0.3) is 0 Å². The van der Waals surface area contributed by atoms with Crippen LogP contribution in [0.4, 0.5) is 5.69 Å². The number of amides is 2. The van der Waals surface area contributed by atoms with Crippen LogP contribution in [0.1, 0.15) is 36.1 Å². The summed E-state index contributed by atoms with van der Waals surface area (Å²) in [5.41, 5.74) is 4.56. The molecule has 0 saturated carbocycles. The van der Waals surface area contributed by atoms with E-state index in [9.17, 15) is 9.59 Å². The maximum Gasteiger partial charge on any atom is 0.250 e. The highest BCUT2D eigenvalue weighted by Gasteiger charge is 2.43. The Morgan fingerprint density at radius 2 is 1.78 bits per heavy atom. The van der Waals surface area contributed by atoms with Crippen molar-refractivity contribution in [3.63, 3.8) is 0 Å². The number of para-hydroxylation sites is 1. The summed E-state index contributed by atoms with van der Waals surface area (Å²) in [5.74, 6) is -0.183. The van der Waals surface area contributed by atoms with Gasteiger partial charge < -0.3 is 10.2 Å². The van der Waals surface area contributed by atoms with Gasteiger partial charge in [0.2, 0.25) is 11.8 Å². The Morgan fingerprint density at radius 3 is 2.57 bits per heavy atom. The van der Waals surface area contributed by atoms with E-state index in [1.165, 1.54) is 18.1 Å². The van der Waals surface area contributed by atoms with Gasteiger partial charge in [-0.15, -0.1) is 0 Å². The molecule has 0 aliphatic carbocycles. The van der Waals surface area contributed by atoms with Crippen molar-refractivity contribution in [3.8, 4) is 0 Å². The molecule has 23 heavy (non-hydrogen) atoms. The van der Waals surface area contributed by atoms with E-state index in [0.29, 0.717) is 6.42 Å². The second-order valence-corrected chi connectivity index (χ2v) is 6.22. The quantitative estimate of drug-likeness (QED) is 0.880. The predicted octanol–water partition coefficient (Wildman–Crippen LogP) is 2.57. The molecule has 1 fully saturated rings. The number of benzene rings is 2. The molecule has 2 heterocycles. The number of rotatable bonds is 1. The van der Waals surface area contributed by atoms with E-state index in [1.807, 2.05) is 35.2 Å². The maximum atomic E-state index is 12.9. The molecule has 4 rings (SSSR count). The molecule has 0 radical (unpaired) electrons. The molecule has 4 nitrogen and oxygen atoms in total. The number of fused-ring (bicyclic) bond motifs is 5. The summed E-state index contributed by atoms with van der Waals surface area (Å²) in [6, 6.07) is 15.9. The molecular weight excluding hydrogens is 288 g/mol. The van der Waals surface area contributed by atoms with E-state index in [-0.39, 0.29) is 17.9 Å². The zero-order valence-corrected chi connectivity index (χ0v) is 13.0. The summed E-state index contributed by atoms with van der Waals surface area (Å²) in [5, 5.41) is 2.80. The van der Waals surface area contributed by atoms with E-state index >= 15 is 0 Å². The zero-order valence-electron chi connectivity index (χ0n) is 13.0. The van der Waals surface area contributed by atoms with Crippen molar-refractivity contribution >= 4 is 17.5 Å². The SMILES string of the molecule is CC(=O)NC1CC2c3ccccc3Cc3ccccc3N2C1=O. The number of carbonyl (C=O) groups excluding carboxylic acids is 2. The lowest BCUT2D eigenvalue weighted by Crippen LogP contribution is -2.40. The lowest BCUT2D eigenvalue weighted by atomic mass is 9.95. The molecule has 2 unspecified atom stereocenters. The van der Waals surface area contributed by atoms with Crippen LogP contribution in [0.2, 0.25) is 0 Å². The standard InChI is InChI=1S/C19H18N2O2/c1-12(22)20-16-11-18-15-8-4-2-6-13(15)10-14-7-3-5-9-17(14)21(18)19(16)23/h2-9,16,18H,10-11H2,1H3,(H,20,22). The van der Waals surface area contributed by atoms with Crippen molar-refractivity contribution in [2.45, 2.75) is 31.8 Å². The second-order valence-electron chi connectivity index (χ2n) is 6.22. The minimum absolute atomic E-state index is 0.0146. The first-order valence-electron chi connectivity index (χ1n) is 7.91. The molecule has 2 aromatic carbocycles. The first kappa shape index (κ1) is 14.0. The van der Waals surface area contributed by atoms with Gasteiger partial charge >= 0.3 is 0 Å². The Hall–Kier alpha value is -2.62. The number of nitrogens with zero attached hydrogens (tertiary/aromatic N) is 1. The molecule has 2 amide bonds. The van der Waals surface area contributed by atoms with Crippen molar-refractivity contribution in [1.29, 1.82) is 0 Å². The van der Waals surface area contributed by atoms with Crippen molar-refractivity contribution in [1.82, 2.24) is 5.32 Å². The highest BCUT2D eigenvalue weighted by Crippen LogP contribution is 2.43. The maximum absolute atomic E-state index is 12.9. The largest absolute Gasteiger partial charge is 0.344 e. The average Bonchev–Trinajstić information content (AvgIpc) is 2.77. The fourth-order valence-corrected chi connectivity index (χ4v) is 3.79. The van der Waals surface area contributed by atoms with Crippen LogP contribution in [0.5, 0.6) is 0 Å². The van der Waals surface area contributed by atoms with Gasteiger partial charge in [0.1, 0.15) is 6.04 Å². The van der Waals surface area contributed by atoms with Gasteiger partial charge in [-0.1, -0.05) is 42.5 Å². The minimum atomic E-state index is -0.447. The van der Waals surface area contributed by atoms with Gasteiger partial charge in [0.05, 0.1) is 6.04 Å². The minimum Gasteiger partial charge on any atom is -0.344 e. The molecule has 2 aliphatic heterocycles. The van der Waals surface area contributed by atoms with Crippen LogP contribution >= 0.6 is 0 Å². The molecule has 2 aliphatic rings. The van der Waals surface area contributed by atoms with Gasteiger partial charge in [-0.25, -0.2) is 0 Å². The number of hydrogen-bond donors (Lipinski definition) is 1. The molecule has 1 saturated heterocycles. The highest BCUT2D eigenvalue weighted by molar-refractivity contribution is 6.03. The van der Waals surface area contributed by atoms with Crippen LogP contribution in [0.3, 0.4) is 0 Å². The van der Waals surface area contributed by atoms with Gasteiger partial charge in [-0.2, -0.15) is 0 Å². The first-order valence-corrected chi connectivity index (χ1v) is 7.91. The van der Waals surface area contributed by atoms with Crippen LogP contribution < -0.4 is 10.2 Å². The smallest absolute Gasteiger partial charge is 0.250 e. The Balaban J connectivity index is 1.87. The van der Waals surface area contributed by atoms with Crippen molar-refractivity contribution < 1.29 is 9.59 Å². The predicted molar refractivity (Wildman–Crippen MR) is 88.1 cm³/mol. The average molecular weight is 306 g/mol. The third kappa shape index (κ3) is 2.22. The zero-order chi connectivity index (χ0) is 16.0. The summed E-state index contributed by atoms with van der Waals surface area (Å²) >= 11 is 0. The van der Waals surface area contributed by atoms with Crippen LogP contribution in [-0.2, 0) is 16.0 Å². The third-order valence-electron chi connectivity index (χ3n) is 4.73. The Kier molecular flexibility index (Phi) is 3.18. The third-order valence-corrected chi connectivity index (χ3v) is 4.73. The molecule has 0 bridgehead atoms. The van der Waals surface area contributed by atoms with Crippen molar-refractivity contribution in [2.24, 2.45) is 0 Å². The number of hydrogen-bond acceptors (Lipinski definition) is 2. The molecule has 0 aromatic heterocycles. The summed E-state index contributed by atoms with van der Waals surface area (Å²) in [7, 11) is 0. The van der Waals surface area contributed by atoms with Crippen LogP contribution in [0.25, 0.3) is 0 Å². The van der Waals surface area contributed by atoms with E-state index < -0.39 is 6.04 Å². The van der Waals surface area contributed by atoms with Gasteiger partial charge in [-0.05, 0) is 29.2 Å². The van der Waals surface area contributed by atoms with Crippen molar-refractivity contribution in [3.05, 3.63) is 65.2 Å². The van der Waals surface area contributed by atoms with Gasteiger partial charge in [0.15, 0.2) is 0 Å². The highest BCUT2D eigenvalue weighted by atomic mass is 16.2. The Morgan fingerprint density at radius 1 is 1.09 bits per heavy atom.